The van der Waals surface area contributed by atoms with Crippen LogP contribution in [0.5, 0.6) is 11.5 Å². The minimum absolute atomic E-state index is 0.342. The van der Waals surface area contributed by atoms with Crippen LogP contribution in [0.1, 0.15) is 68.7 Å². The second-order valence-corrected chi connectivity index (χ2v) is 8.10. The number of hydrogen-bond acceptors (Lipinski definition) is 4. The molecule has 1 aliphatic heterocycles. The summed E-state index contributed by atoms with van der Waals surface area (Å²) in [5, 5.41) is 0. The zero-order valence-corrected chi connectivity index (χ0v) is 18.4. The molecule has 0 bridgehead atoms. The van der Waals surface area contributed by atoms with Crippen LogP contribution in [0, 0.1) is 0 Å². The van der Waals surface area contributed by atoms with Gasteiger partial charge in [-0.15, -0.1) is 0 Å². The van der Waals surface area contributed by atoms with Gasteiger partial charge in [-0.1, -0.05) is 44.7 Å². The van der Waals surface area contributed by atoms with Gasteiger partial charge in [-0.2, -0.15) is 0 Å². The van der Waals surface area contributed by atoms with Crippen LogP contribution in [-0.2, 0) is 13.0 Å². The number of nitrogens with zero attached hydrogens (tertiary/aromatic N) is 1. The van der Waals surface area contributed by atoms with Gasteiger partial charge in [0.25, 0.3) is 0 Å². The van der Waals surface area contributed by atoms with Gasteiger partial charge >= 0.3 is 0 Å². The van der Waals surface area contributed by atoms with Gasteiger partial charge in [0.1, 0.15) is 0 Å². The molecule has 0 aromatic heterocycles. The van der Waals surface area contributed by atoms with Crippen LogP contribution in [0.2, 0.25) is 0 Å². The van der Waals surface area contributed by atoms with E-state index in [9.17, 15) is 0 Å². The number of nitrogens with two attached hydrogens (primary N) is 1. The van der Waals surface area contributed by atoms with Crippen LogP contribution in [0.15, 0.2) is 36.4 Å². The van der Waals surface area contributed by atoms with Gasteiger partial charge in [0.05, 0.1) is 20.3 Å². The fourth-order valence-electron chi connectivity index (χ4n) is 4.60. The minimum Gasteiger partial charge on any atom is -0.493 e. The molecule has 0 aliphatic carbocycles. The molecule has 0 saturated carbocycles. The minimum atomic E-state index is 0.342. The Hall–Kier alpha value is -2.20. The summed E-state index contributed by atoms with van der Waals surface area (Å²) < 4.78 is 11.2. The first-order chi connectivity index (χ1) is 14.1. The van der Waals surface area contributed by atoms with E-state index in [4.69, 9.17) is 15.2 Å². The quantitative estimate of drug-likeness (QED) is 0.558. The molecule has 29 heavy (non-hydrogen) atoms. The molecule has 0 amide bonds. The number of unbranched alkanes of at least 4 members (excludes halogenated alkanes) is 3. The van der Waals surface area contributed by atoms with E-state index < -0.39 is 0 Å². The van der Waals surface area contributed by atoms with Crippen LogP contribution in [0.3, 0.4) is 0 Å². The number of benzene rings is 2. The predicted molar refractivity (Wildman–Crippen MR) is 121 cm³/mol. The fourth-order valence-corrected chi connectivity index (χ4v) is 4.60. The van der Waals surface area contributed by atoms with Gasteiger partial charge in [-0.05, 0) is 60.7 Å². The lowest BCUT2D eigenvalue weighted by atomic mass is 9.85. The molecule has 3 rings (SSSR count). The first-order valence-electron chi connectivity index (χ1n) is 10.9. The lowest BCUT2D eigenvalue weighted by Crippen LogP contribution is -2.42. The molecule has 4 heteroatoms. The largest absolute Gasteiger partial charge is 0.493 e. The van der Waals surface area contributed by atoms with Crippen LogP contribution in [0.4, 0.5) is 5.69 Å². The average molecular weight is 397 g/mol. The molecule has 2 aromatic rings. The van der Waals surface area contributed by atoms with E-state index in [2.05, 4.69) is 55.1 Å². The molecule has 1 heterocycles. The molecule has 4 nitrogen and oxygen atoms in total. The van der Waals surface area contributed by atoms with Crippen molar-refractivity contribution in [3.05, 3.63) is 53.1 Å². The van der Waals surface area contributed by atoms with E-state index in [-0.39, 0.29) is 0 Å². The van der Waals surface area contributed by atoms with Crippen molar-refractivity contribution in [3.8, 4) is 11.5 Å². The molecule has 2 atom stereocenters. The Morgan fingerprint density at radius 2 is 1.69 bits per heavy atom. The summed E-state index contributed by atoms with van der Waals surface area (Å²) in [4.78, 5) is 2.60. The van der Waals surface area contributed by atoms with Crippen LogP contribution < -0.4 is 20.1 Å². The molecule has 158 valence electrons. The number of methoxy groups -OCH3 is 2. The molecule has 2 N–H and O–H groups in total. The summed E-state index contributed by atoms with van der Waals surface area (Å²) in [7, 11) is 3.43. The maximum Gasteiger partial charge on any atom is 0.161 e. The van der Waals surface area contributed by atoms with Crippen LogP contribution in [-0.4, -0.2) is 20.3 Å². The van der Waals surface area contributed by atoms with Crippen molar-refractivity contribution in [2.75, 3.05) is 19.1 Å². The molecule has 0 saturated heterocycles. The van der Waals surface area contributed by atoms with E-state index in [0.29, 0.717) is 18.6 Å². The Morgan fingerprint density at radius 1 is 1.00 bits per heavy atom. The van der Waals surface area contributed by atoms with Gasteiger partial charge in [0.2, 0.25) is 0 Å². The standard InChI is InChI=1S/C25H36N2O2/c1-5-6-7-8-9-23-22-16-25(29-4)24(28-3)15-20(22)14-18(2)27(23)21-12-10-19(17-26)11-13-21/h10-13,15-16,18,23H,5-9,14,17,26H2,1-4H3. The maximum absolute atomic E-state index is 5.81. The van der Waals surface area contributed by atoms with E-state index in [1.54, 1.807) is 14.2 Å². The molecule has 0 radical (unpaired) electrons. The van der Waals surface area contributed by atoms with Crippen molar-refractivity contribution >= 4 is 5.69 Å². The number of ether oxygens (including phenoxy) is 2. The van der Waals surface area contributed by atoms with Crippen molar-refractivity contribution in [1.29, 1.82) is 0 Å². The van der Waals surface area contributed by atoms with Gasteiger partial charge in [-0.3, -0.25) is 0 Å². The third kappa shape index (κ3) is 4.69. The van der Waals surface area contributed by atoms with Crippen molar-refractivity contribution in [2.45, 2.75) is 71.0 Å². The van der Waals surface area contributed by atoms with E-state index in [1.807, 2.05) is 0 Å². The zero-order chi connectivity index (χ0) is 20.8. The predicted octanol–water partition coefficient (Wildman–Crippen LogP) is 5.63. The Bertz CT molecular complexity index is 788. The second-order valence-electron chi connectivity index (χ2n) is 8.10. The Labute approximate surface area is 176 Å². The van der Waals surface area contributed by atoms with Crippen molar-refractivity contribution in [2.24, 2.45) is 5.73 Å². The Balaban J connectivity index is 2.00. The Kier molecular flexibility index (Phi) is 7.43. The van der Waals surface area contributed by atoms with Gasteiger partial charge in [0.15, 0.2) is 11.5 Å². The third-order valence-electron chi connectivity index (χ3n) is 6.13. The molecule has 2 aromatic carbocycles. The van der Waals surface area contributed by atoms with Crippen LogP contribution in [0.25, 0.3) is 0 Å². The van der Waals surface area contributed by atoms with E-state index in [1.165, 1.54) is 48.1 Å². The van der Waals surface area contributed by atoms with E-state index >= 15 is 0 Å². The zero-order valence-electron chi connectivity index (χ0n) is 18.4. The maximum atomic E-state index is 5.81. The van der Waals surface area contributed by atoms with Gasteiger partial charge < -0.3 is 20.1 Å². The van der Waals surface area contributed by atoms with E-state index in [0.717, 1.165) is 24.3 Å². The number of fused-ring (bicyclic) bond motifs is 1. The van der Waals surface area contributed by atoms with Gasteiger partial charge in [-0.25, -0.2) is 0 Å². The molecule has 2 unspecified atom stereocenters. The highest BCUT2D eigenvalue weighted by Gasteiger charge is 2.33. The summed E-state index contributed by atoms with van der Waals surface area (Å²) in [5.74, 6) is 1.64. The Morgan fingerprint density at radius 3 is 2.31 bits per heavy atom. The number of rotatable bonds is 9. The van der Waals surface area contributed by atoms with Crippen molar-refractivity contribution < 1.29 is 9.47 Å². The molecule has 0 fully saturated rings. The fraction of sp³-hybridized carbons (Fsp3) is 0.520. The van der Waals surface area contributed by atoms with Crippen molar-refractivity contribution in [3.63, 3.8) is 0 Å². The lowest BCUT2D eigenvalue weighted by molar-refractivity contribution is 0.351. The second kappa shape index (κ2) is 10.0. The summed E-state index contributed by atoms with van der Waals surface area (Å²) in [6.45, 7) is 5.17. The number of hydrogen-bond donors (Lipinski definition) is 1. The summed E-state index contributed by atoms with van der Waals surface area (Å²) >= 11 is 0. The van der Waals surface area contributed by atoms with Crippen molar-refractivity contribution in [1.82, 2.24) is 0 Å². The summed E-state index contributed by atoms with van der Waals surface area (Å²) in [5.41, 5.74) is 11.0. The highest BCUT2D eigenvalue weighted by molar-refractivity contribution is 5.57. The lowest BCUT2D eigenvalue weighted by Gasteiger charge is -2.44. The highest BCUT2D eigenvalue weighted by atomic mass is 16.5. The first-order valence-corrected chi connectivity index (χ1v) is 10.9. The smallest absolute Gasteiger partial charge is 0.161 e. The SMILES string of the molecule is CCCCCCC1c2cc(OC)c(OC)cc2CC(C)N1c1ccc(CN)cc1. The number of anilines is 1. The summed E-state index contributed by atoms with van der Waals surface area (Å²) in [6.07, 6.45) is 7.21. The normalized spacial score (nSPS) is 18.4. The molecule has 0 spiro atoms. The van der Waals surface area contributed by atoms with Gasteiger partial charge in [0, 0.05) is 18.3 Å². The monoisotopic (exact) mass is 396 g/mol. The topological polar surface area (TPSA) is 47.7 Å². The molecular formula is C25H36N2O2. The van der Waals surface area contributed by atoms with Crippen LogP contribution >= 0.6 is 0 Å². The highest BCUT2D eigenvalue weighted by Crippen LogP contribution is 2.43. The molecular weight excluding hydrogens is 360 g/mol. The first kappa shape index (κ1) is 21.5. The summed E-state index contributed by atoms with van der Waals surface area (Å²) in [6, 6.07) is 13.9. The molecule has 1 aliphatic rings. The third-order valence-corrected chi connectivity index (χ3v) is 6.13. The average Bonchev–Trinajstić information content (AvgIpc) is 2.75.